The van der Waals surface area contributed by atoms with E-state index in [1.807, 2.05) is 13.8 Å². The van der Waals surface area contributed by atoms with Crippen LogP contribution < -0.4 is 10.1 Å². The molecule has 0 fully saturated rings. The van der Waals surface area contributed by atoms with Gasteiger partial charge in [-0.05, 0) is 26.0 Å². The monoisotopic (exact) mass is 427 g/mol. The number of aromatic nitrogens is 6. The number of hydrogen-bond acceptors (Lipinski definition) is 6. The highest BCUT2D eigenvalue weighted by atomic mass is 19.3. The fraction of sp³-hybridized carbons (Fsp3) is 0.250. The Morgan fingerprint density at radius 1 is 1.26 bits per heavy atom. The van der Waals surface area contributed by atoms with Gasteiger partial charge in [-0.2, -0.15) is 10.1 Å². The average Bonchev–Trinajstić information content (AvgIpc) is 3.40. The third-order valence-corrected chi connectivity index (χ3v) is 4.39. The zero-order valence-electron chi connectivity index (χ0n) is 16.7. The highest BCUT2D eigenvalue weighted by molar-refractivity contribution is 6.04. The molecule has 9 nitrogen and oxygen atoms in total. The second-order valence-electron chi connectivity index (χ2n) is 7.02. The van der Waals surface area contributed by atoms with E-state index in [0.29, 0.717) is 28.3 Å². The topological polar surface area (TPSA) is 111 Å². The zero-order chi connectivity index (χ0) is 22.0. The normalized spacial score (nSPS) is 11.4. The molecule has 4 rings (SSSR count). The predicted octanol–water partition coefficient (Wildman–Crippen LogP) is 3.69. The average molecular weight is 427 g/mol. The summed E-state index contributed by atoms with van der Waals surface area (Å²) >= 11 is 0. The maximum atomic E-state index is 12.5. The number of ether oxygens (including phenoxy) is 1. The molecule has 4 aromatic heterocycles. The molecule has 160 valence electrons. The Kier molecular flexibility index (Phi) is 5.56. The minimum atomic E-state index is -2.61. The Morgan fingerprint density at radius 2 is 2.10 bits per heavy atom. The molecular weight excluding hydrogens is 408 g/mol. The molecule has 2 N–H and O–H groups in total. The lowest BCUT2D eigenvalue weighted by molar-refractivity contribution is 0.0770. The highest BCUT2D eigenvalue weighted by Crippen LogP contribution is 2.25. The Balaban J connectivity index is 1.53. The van der Waals surface area contributed by atoms with Crippen LogP contribution in [0.3, 0.4) is 0 Å². The van der Waals surface area contributed by atoms with Crippen molar-refractivity contribution < 1.29 is 18.3 Å². The van der Waals surface area contributed by atoms with Crippen molar-refractivity contribution in [2.24, 2.45) is 0 Å². The van der Waals surface area contributed by atoms with Crippen LogP contribution in [0, 0.1) is 0 Å². The molecule has 0 aromatic carbocycles. The van der Waals surface area contributed by atoms with E-state index < -0.39 is 13.0 Å². The number of halogens is 2. The molecule has 0 radical (unpaired) electrons. The van der Waals surface area contributed by atoms with E-state index in [9.17, 15) is 13.6 Å². The summed E-state index contributed by atoms with van der Waals surface area (Å²) in [6, 6.07) is 5.14. The van der Waals surface area contributed by atoms with Crippen LogP contribution in [0.15, 0.2) is 43.0 Å². The summed E-state index contributed by atoms with van der Waals surface area (Å²) in [5, 5.41) is 7.69. The molecule has 0 bridgehead atoms. The number of fused-ring (bicyclic) bond motifs is 1. The minimum Gasteiger partial charge on any atom is -0.457 e. The number of nitrogens with zero attached hydrogens (tertiary/aromatic N) is 5. The van der Waals surface area contributed by atoms with Crippen LogP contribution in [0.4, 0.5) is 14.6 Å². The summed E-state index contributed by atoms with van der Waals surface area (Å²) in [4.78, 5) is 27.9. The van der Waals surface area contributed by atoms with Gasteiger partial charge in [0.15, 0.2) is 6.61 Å². The van der Waals surface area contributed by atoms with E-state index in [-0.39, 0.29) is 18.0 Å². The molecule has 11 heteroatoms. The van der Waals surface area contributed by atoms with Crippen LogP contribution in [0.5, 0.6) is 6.01 Å². The van der Waals surface area contributed by atoms with Gasteiger partial charge in [0.1, 0.15) is 5.82 Å². The standard InChI is InChI=1S/C20H19F2N7O2/c1-11(2)29-9-13(8-25-29)19(30)28-18-6-15-12(7-24-18)5-16(26-15)14-3-4-23-20(27-14)31-10-17(21)22/h3-9,11,17,26H,10H2,1-2H3,(H,24,28,30). The summed E-state index contributed by atoms with van der Waals surface area (Å²) in [6.07, 6.45) is 3.60. The van der Waals surface area contributed by atoms with Crippen molar-refractivity contribution in [3.8, 4) is 17.4 Å². The van der Waals surface area contributed by atoms with Crippen molar-refractivity contribution in [3.63, 3.8) is 0 Å². The molecule has 0 saturated carbocycles. The molecule has 0 spiro atoms. The van der Waals surface area contributed by atoms with Crippen LogP contribution in [0.25, 0.3) is 22.3 Å². The van der Waals surface area contributed by atoms with Crippen LogP contribution in [-0.2, 0) is 0 Å². The van der Waals surface area contributed by atoms with E-state index in [1.54, 1.807) is 35.3 Å². The number of carbonyl (C=O) groups excluding carboxylic acids is 1. The second kappa shape index (κ2) is 8.46. The van der Waals surface area contributed by atoms with Crippen molar-refractivity contribution in [2.75, 3.05) is 11.9 Å². The molecular formula is C20H19F2N7O2. The number of anilines is 1. The van der Waals surface area contributed by atoms with Crippen molar-refractivity contribution in [3.05, 3.63) is 48.5 Å². The number of aromatic amines is 1. The van der Waals surface area contributed by atoms with Crippen LogP contribution in [0.1, 0.15) is 30.2 Å². The van der Waals surface area contributed by atoms with Gasteiger partial charge in [-0.25, -0.2) is 18.7 Å². The van der Waals surface area contributed by atoms with Gasteiger partial charge in [0.2, 0.25) is 0 Å². The van der Waals surface area contributed by atoms with E-state index in [0.717, 1.165) is 5.39 Å². The number of hydrogen-bond donors (Lipinski definition) is 2. The van der Waals surface area contributed by atoms with Crippen molar-refractivity contribution in [1.29, 1.82) is 0 Å². The number of alkyl halides is 2. The summed E-state index contributed by atoms with van der Waals surface area (Å²) in [5.41, 5.74) is 2.25. The SMILES string of the molecule is CC(C)n1cc(C(=O)Nc2cc3[nH]c(-c4ccnc(OCC(F)F)n4)cc3cn2)cn1. The second-order valence-corrected chi connectivity index (χ2v) is 7.02. The number of H-pyrrole nitrogens is 1. The maximum absolute atomic E-state index is 12.5. The molecule has 0 aliphatic carbocycles. The number of amides is 1. The molecule has 0 aliphatic rings. The Bertz CT molecular complexity index is 1220. The van der Waals surface area contributed by atoms with Gasteiger partial charge in [0, 0.05) is 36.1 Å². The van der Waals surface area contributed by atoms with Gasteiger partial charge in [-0.1, -0.05) is 0 Å². The fourth-order valence-corrected chi connectivity index (χ4v) is 2.86. The molecule has 0 unspecified atom stereocenters. The molecule has 0 aliphatic heterocycles. The Morgan fingerprint density at radius 3 is 2.84 bits per heavy atom. The van der Waals surface area contributed by atoms with Gasteiger partial charge < -0.3 is 15.0 Å². The van der Waals surface area contributed by atoms with Crippen LogP contribution >= 0.6 is 0 Å². The third-order valence-electron chi connectivity index (χ3n) is 4.39. The Hall–Kier alpha value is -3.89. The first-order chi connectivity index (χ1) is 14.9. The van der Waals surface area contributed by atoms with Crippen LogP contribution in [-0.4, -0.2) is 48.7 Å². The molecule has 1 amide bonds. The largest absolute Gasteiger partial charge is 0.457 e. The zero-order valence-corrected chi connectivity index (χ0v) is 16.7. The lowest BCUT2D eigenvalue weighted by atomic mass is 10.2. The number of rotatable bonds is 7. The third kappa shape index (κ3) is 4.65. The van der Waals surface area contributed by atoms with Crippen molar-refractivity contribution in [2.45, 2.75) is 26.3 Å². The summed E-state index contributed by atoms with van der Waals surface area (Å²) < 4.78 is 31.2. The van der Waals surface area contributed by atoms with Gasteiger partial charge in [0.25, 0.3) is 12.3 Å². The molecule has 31 heavy (non-hydrogen) atoms. The number of pyridine rings is 1. The predicted molar refractivity (Wildman–Crippen MR) is 109 cm³/mol. The molecule has 0 saturated heterocycles. The van der Waals surface area contributed by atoms with E-state index in [4.69, 9.17) is 4.74 Å². The van der Waals surface area contributed by atoms with Gasteiger partial charge in [0.05, 0.1) is 28.7 Å². The quantitative estimate of drug-likeness (QED) is 0.465. The fourth-order valence-electron chi connectivity index (χ4n) is 2.86. The van der Waals surface area contributed by atoms with Crippen molar-refractivity contribution in [1.82, 2.24) is 29.7 Å². The smallest absolute Gasteiger partial charge is 0.317 e. The summed E-state index contributed by atoms with van der Waals surface area (Å²) in [6.45, 7) is 3.16. The van der Waals surface area contributed by atoms with Gasteiger partial charge in [-0.3, -0.25) is 9.48 Å². The number of carbonyl (C=O) groups is 1. The first-order valence-corrected chi connectivity index (χ1v) is 9.47. The summed E-state index contributed by atoms with van der Waals surface area (Å²) in [5.74, 6) is 0.0500. The van der Waals surface area contributed by atoms with E-state index in [1.165, 1.54) is 12.4 Å². The number of nitrogens with one attached hydrogen (secondary N) is 2. The van der Waals surface area contributed by atoms with E-state index >= 15 is 0 Å². The lowest BCUT2D eigenvalue weighted by Crippen LogP contribution is -2.12. The van der Waals surface area contributed by atoms with E-state index in [2.05, 4.69) is 30.4 Å². The maximum Gasteiger partial charge on any atom is 0.317 e. The molecule has 4 heterocycles. The Labute approximate surface area is 175 Å². The highest BCUT2D eigenvalue weighted by Gasteiger charge is 2.13. The lowest BCUT2D eigenvalue weighted by Gasteiger charge is -2.04. The molecule has 4 aromatic rings. The first kappa shape index (κ1) is 20.4. The van der Waals surface area contributed by atoms with Gasteiger partial charge >= 0.3 is 6.01 Å². The molecule has 0 atom stereocenters. The first-order valence-electron chi connectivity index (χ1n) is 9.47. The summed E-state index contributed by atoms with van der Waals surface area (Å²) in [7, 11) is 0. The van der Waals surface area contributed by atoms with Crippen molar-refractivity contribution >= 4 is 22.6 Å². The minimum absolute atomic E-state index is 0.135. The van der Waals surface area contributed by atoms with Gasteiger partial charge in [-0.15, -0.1) is 0 Å². The van der Waals surface area contributed by atoms with Crippen LogP contribution in [0.2, 0.25) is 0 Å².